The highest BCUT2D eigenvalue weighted by Crippen LogP contribution is 2.22. The average Bonchev–Trinajstić information content (AvgIpc) is 2.91. The van der Waals surface area contributed by atoms with Gasteiger partial charge in [0.05, 0.1) is 12.7 Å². The van der Waals surface area contributed by atoms with E-state index in [-0.39, 0.29) is 6.10 Å². The zero-order valence-corrected chi connectivity index (χ0v) is 13.6. The first-order valence-electron chi connectivity index (χ1n) is 7.53. The Morgan fingerprint density at radius 3 is 2.75 bits per heavy atom. The van der Waals surface area contributed by atoms with E-state index in [4.69, 9.17) is 4.74 Å². The standard InChI is InChI=1S/C17H25NOS/c1-4-18(5-2)9-10-19-14(3)12-15-6-7-17-16(13-15)8-11-20-17/h6-8,11,13-14H,4-5,9-10,12H2,1-3H3. The fraction of sp³-hybridized carbons (Fsp3) is 0.529. The molecule has 0 aliphatic rings. The van der Waals surface area contributed by atoms with E-state index in [1.54, 1.807) is 11.3 Å². The van der Waals surface area contributed by atoms with Crippen LogP contribution in [0.2, 0.25) is 0 Å². The van der Waals surface area contributed by atoms with Crippen LogP contribution in [0.3, 0.4) is 0 Å². The summed E-state index contributed by atoms with van der Waals surface area (Å²) in [5, 5.41) is 3.50. The Morgan fingerprint density at radius 1 is 1.20 bits per heavy atom. The molecule has 0 amide bonds. The minimum atomic E-state index is 0.279. The minimum absolute atomic E-state index is 0.279. The first-order valence-corrected chi connectivity index (χ1v) is 8.41. The molecule has 2 nitrogen and oxygen atoms in total. The van der Waals surface area contributed by atoms with Crippen molar-refractivity contribution in [1.82, 2.24) is 4.90 Å². The maximum atomic E-state index is 5.93. The van der Waals surface area contributed by atoms with Gasteiger partial charge in [-0.3, -0.25) is 0 Å². The lowest BCUT2D eigenvalue weighted by Crippen LogP contribution is -2.28. The van der Waals surface area contributed by atoms with Crippen molar-refractivity contribution in [1.29, 1.82) is 0 Å². The molecule has 0 N–H and O–H groups in total. The molecule has 110 valence electrons. The summed E-state index contributed by atoms with van der Waals surface area (Å²) in [5.74, 6) is 0. The van der Waals surface area contributed by atoms with E-state index in [1.165, 1.54) is 15.6 Å². The van der Waals surface area contributed by atoms with Gasteiger partial charge in [-0.1, -0.05) is 26.0 Å². The molecule has 3 heteroatoms. The molecule has 0 aliphatic heterocycles. The highest BCUT2D eigenvalue weighted by molar-refractivity contribution is 7.17. The van der Waals surface area contributed by atoms with Crippen molar-refractivity contribution >= 4 is 21.4 Å². The van der Waals surface area contributed by atoms with Crippen LogP contribution >= 0.6 is 11.3 Å². The predicted octanol–water partition coefficient (Wildman–Crippen LogP) is 4.19. The summed E-state index contributed by atoms with van der Waals surface area (Å²) in [4.78, 5) is 2.39. The lowest BCUT2D eigenvalue weighted by atomic mass is 10.1. The summed E-state index contributed by atoms with van der Waals surface area (Å²) in [7, 11) is 0. The van der Waals surface area contributed by atoms with E-state index >= 15 is 0 Å². The van der Waals surface area contributed by atoms with E-state index in [0.29, 0.717) is 0 Å². The summed E-state index contributed by atoms with van der Waals surface area (Å²) in [6.45, 7) is 10.6. The van der Waals surface area contributed by atoms with E-state index < -0.39 is 0 Å². The Bertz CT molecular complexity index is 518. The van der Waals surface area contributed by atoms with Gasteiger partial charge in [0, 0.05) is 11.2 Å². The Labute approximate surface area is 126 Å². The Balaban J connectivity index is 1.80. The fourth-order valence-electron chi connectivity index (χ4n) is 2.46. The summed E-state index contributed by atoms with van der Waals surface area (Å²) >= 11 is 1.80. The first-order chi connectivity index (χ1) is 9.72. The lowest BCUT2D eigenvalue weighted by molar-refractivity contribution is 0.0504. The first kappa shape index (κ1) is 15.5. The van der Waals surface area contributed by atoms with Crippen molar-refractivity contribution in [3.05, 3.63) is 35.2 Å². The third-order valence-electron chi connectivity index (χ3n) is 3.74. The Morgan fingerprint density at radius 2 is 2.00 bits per heavy atom. The molecular weight excluding hydrogens is 266 g/mol. The Hall–Kier alpha value is -0.900. The van der Waals surface area contributed by atoms with Gasteiger partial charge in [0.2, 0.25) is 0 Å². The molecule has 0 saturated carbocycles. The van der Waals surface area contributed by atoms with Gasteiger partial charge in [-0.15, -0.1) is 11.3 Å². The Kier molecular flexibility index (Phi) is 6.02. The molecule has 2 aromatic rings. The van der Waals surface area contributed by atoms with Gasteiger partial charge in [-0.05, 0) is 54.9 Å². The van der Waals surface area contributed by atoms with E-state index in [1.807, 2.05) is 0 Å². The topological polar surface area (TPSA) is 12.5 Å². The molecule has 0 saturated heterocycles. The van der Waals surface area contributed by atoms with E-state index in [9.17, 15) is 0 Å². The van der Waals surface area contributed by atoms with Gasteiger partial charge in [0.25, 0.3) is 0 Å². The number of hydrogen-bond acceptors (Lipinski definition) is 3. The van der Waals surface area contributed by atoms with Gasteiger partial charge in [-0.25, -0.2) is 0 Å². The molecule has 0 spiro atoms. The van der Waals surface area contributed by atoms with Gasteiger partial charge in [0.15, 0.2) is 0 Å². The lowest BCUT2D eigenvalue weighted by Gasteiger charge is -2.20. The molecular formula is C17H25NOS. The molecule has 2 rings (SSSR count). The van der Waals surface area contributed by atoms with Gasteiger partial charge in [-0.2, -0.15) is 0 Å². The maximum Gasteiger partial charge on any atom is 0.0597 e. The number of nitrogens with zero attached hydrogens (tertiary/aromatic N) is 1. The number of fused-ring (bicyclic) bond motifs is 1. The van der Waals surface area contributed by atoms with Crippen LogP contribution in [0.1, 0.15) is 26.3 Å². The summed E-state index contributed by atoms with van der Waals surface area (Å²) in [6.07, 6.45) is 1.27. The van der Waals surface area contributed by atoms with E-state index in [2.05, 4.69) is 55.3 Å². The smallest absolute Gasteiger partial charge is 0.0597 e. The second-order valence-electron chi connectivity index (χ2n) is 5.21. The molecule has 0 fully saturated rings. The number of benzene rings is 1. The summed E-state index contributed by atoms with van der Waals surface area (Å²) < 4.78 is 7.30. The molecule has 0 radical (unpaired) electrons. The second-order valence-corrected chi connectivity index (χ2v) is 6.15. The molecule has 0 aliphatic carbocycles. The maximum absolute atomic E-state index is 5.93. The predicted molar refractivity (Wildman–Crippen MR) is 88.7 cm³/mol. The van der Waals surface area contributed by atoms with Crippen LogP contribution in [-0.2, 0) is 11.2 Å². The molecule has 20 heavy (non-hydrogen) atoms. The van der Waals surface area contributed by atoms with Gasteiger partial charge in [0.1, 0.15) is 0 Å². The summed E-state index contributed by atoms with van der Waals surface area (Å²) in [5.41, 5.74) is 1.37. The molecule has 1 unspecified atom stereocenters. The monoisotopic (exact) mass is 291 g/mol. The SMILES string of the molecule is CCN(CC)CCOC(C)Cc1ccc2sccc2c1. The van der Waals surface area contributed by atoms with Crippen LogP contribution in [0.15, 0.2) is 29.6 Å². The van der Waals surface area contributed by atoms with Crippen molar-refractivity contribution in [2.24, 2.45) is 0 Å². The van der Waals surface area contributed by atoms with Crippen molar-refractivity contribution in [2.45, 2.75) is 33.3 Å². The molecule has 1 aromatic carbocycles. The van der Waals surface area contributed by atoms with Crippen LogP contribution in [-0.4, -0.2) is 37.2 Å². The van der Waals surface area contributed by atoms with Crippen LogP contribution in [0, 0.1) is 0 Å². The third-order valence-corrected chi connectivity index (χ3v) is 4.64. The van der Waals surface area contributed by atoms with Crippen molar-refractivity contribution < 1.29 is 4.74 Å². The van der Waals surface area contributed by atoms with E-state index in [0.717, 1.165) is 32.7 Å². The van der Waals surface area contributed by atoms with Gasteiger partial charge >= 0.3 is 0 Å². The highest BCUT2D eigenvalue weighted by Gasteiger charge is 2.06. The highest BCUT2D eigenvalue weighted by atomic mass is 32.1. The number of thiophene rings is 1. The zero-order chi connectivity index (χ0) is 14.4. The van der Waals surface area contributed by atoms with Crippen molar-refractivity contribution in [2.75, 3.05) is 26.2 Å². The summed E-state index contributed by atoms with van der Waals surface area (Å²) in [6, 6.07) is 8.92. The quantitative estimate of drug-likeness (QED) is 0.723. The molecule has 1 aromatic heterocycles. The normalized spacial score (nSPS) is 13.2. The number of ether oxygens (including phenoxy) is 1. The van der Waals surface area contributed by atoms with Crippen molar-refractivity contribution in [3.8, 4) is 0 Å². The number of hydrogen-bond donors (Lipinski definition) is 0. The second kappa shape index (κ2) is 7.77. The molecule has 1 atom stereocenters. The van der Waals surface area contributed by atoms with Crippen molar-refractivity contribution in [3.63, 3.8) is 0 Å². The molecule has 0 bridgehead atoms. The third kappa shape index (κ3) is 4.30. The van der Waals surface area contributed by atoms with Crippen LogP contribution in [0.25, 0.3) is 10.1 Å². The minimum Gasteiger partial charge on any atom is -0.377 e. The number of rotatable bonds is 8. The number of likely N-dealkylation sites (N-methyl/N-ethyl adjacent to an activating group) is 1. The average molecular weight is 291 g/mol. The largest absolute Gasteiger partial charge is 0.377 e. The van der Waals surface area contributed by atoms with Crippen LogP contribution < -0.4 is 0 Å². The fourth-order valence-corrected chi connectivity index (χ4v) is 3.23. The van der Waals surface area contributed by atoms with Crippen LogP contribution in [0.5, 0.6) is 0 Å². The van der Waals surface area contributed by atoms with Gasteiger partial charge < -0.3 is 9.64 Å². The molecule has 1 heterocycles. The van der Waals surface area contributed by atoms with Crippen LogP contribution in [0.4, 0.5) is 0 Å². The zero-order valence-electron chi connectivity index (χ0n) is 12.8.